The number of aromatic nitrogens is 2. The number of hydrazone groups is 1. The zero-order chi connectivity index (χ0) is 21.1. The Balaban J connectivity index is 2.33. The van der Waals surface area contributed by atoms with Crippen LogP contribution in [-0.2, 0) is 9.53 Å². The van der Waals surface area contributed by atoms with Gasteiger partial charge in [0.2, 0.25) is 5.95 Å². The zero-order valence-electron chi connectivity index (χ0n) is 16.5. The van der Waals surface area contributed by atoms with Crippen molar-refractivity contribution < 1.29 is 19.0 Å². The second kappa shape index (κ2) is 8.05. The average Bonchev–Trinajstić information content (AvgIpc) is 2.84. The number of carbonyl (C=O) groups is 1. The first kappa shape index (κ1) is 19.9. The van der Waals surface area contributed by atoms with Crippen LogP contribution in [0.1, 0.15) is 18.1 Å². The topological polar surface area (TPSA) is 132 Å². The summed E-state index contributed by atoms with van der Waals surface area (Å²) in [6.45, 7) is 1.87. The number of benzene rings is 1. The smallest absolute Gasteiger partial charge is 0.358 e. The molecule has 0 spiro atoms. The van der Waals surface area contributed by atoms with Gasteiger partial charge in [0.25, 0.3) is 5.56 Å². The number of methoxy groups -OCH3 is 2. The number of carbonyl (C=O) groups excluding carboxylic acids is 1. The molecule has 152 valence electrons. The molecule has 1 aliphatic rings. The molecule has 29 heavy (non-hydrogen) atoms. The van der Waals surface area contributed by atoms with E-state index >= 15 is 0 Å². The third-order valence-corrected chi connectivity index (χ3v) is 4.22. The van der Waals surface area contributed by atoms with Crippen LogP contribution in [0.5, 0.6) is 11.5 Å². The van der Waals surface area contributed by atoms with Crippen molar-refractivity contribution in [3.05, 3.63) is 45.8 Å². The largest absolute Gasteiger partial charge is 0.497 e. The van der Waals surface area contributed by atoms with Crippen LogP contribution < -0.4 is 25.8 Å². The fourth-order valence-electron chi connectivity index (χ4n) is 2.94. The highest BCUT2D eigenvalue weighted by atomic mass is 16.5. The molecule has 0 saturated heterocycles. The van der Waals surface area contributed by atoms with E-state index in [0.29, 0.717) is 22.6 Å². The Kier molecular flexibility index (Phi) is 5.53. The van der Waals surface area contributed by atoms with Crippen molar-refractivity contribution in [2.75, 3.05) is 38.6 Å². The molecular formula is C19H21N5O5. The van der Waals surface area contributed by atoms with Crippen LogP contribution in [-0.4, -0.2) is 49.5 Å². The van der Waals surface area contributed by atoms with Gasteiger partial charge in [0.1, 0.15) is 11.5 Å². The predicted molar refractivity (Wildman–Crippen MR) is 108 cm³/mol. The maximum atomic E-state index is 12.8. The Hall–Kier alpha value is -3.82. The quantitative estimate of drug-likeness (QED) is 0.716. The van der Waals surface area contributed by atoms with Crippen LogP contribution in [0.25, 0.3) is 5.57 Å². The first-order valence-electron chi connectivity index (χ1n) is 8.73. The lowest BCUT2D eigenvalue weighted by atomic mass is 9.96. The molecule has 1 aromatic carbocycles. The van der Waals surface area contributed by atoms with Gasteiger partial charge < -0.3 is 19.9 Å². The standard InChI is InChI=1S/C19H21N5O5/c1-5-29-18(26)13-9-12(11-7-6-10(27-3)8-14(11)28-4)15-16(24(2)23-13)21-19(20)22-17(15)25/h6-9H,5H2,1-4H3,(H3,20,21,22,25). The molecule has 10 heteroatoms. The van der Waals surface area contributed by atoms with Gasteiger partial charge in [-0.15, -0.1) is 0 Å². The molecule has 0 aliphatic carbocycles. The highest BCUT2D eigenvalue weighted by Crippen LogP contribution is 2.36. The SMILES string of the molecule is CCOC(=O)C1=NN(C)c2nc(N)[nH]c(=O)c2C(c2ccc(OC)cc2OC)=C1. The number of esters is 1. The van der Waals surface area contributed by atoms with E-state index in [0.717, 1.165) is 0 Å². The molecule has 0 unspecified atom stereocenters. The van der Waals surface area contributed by atoms with Gasteiger partial charge in [-0.2, -0.15) is 10.1 Å². The van der Waals surface area contributed by atoms with Crippen LogP contribution in [0.4, 0.5) is 11.8 Å². The molecular weight excluding hydrogens is 378 g/mol. The van der Waals surface area contributed by atoms with Gasteiger partial charge in [0.05, 0.1) is 26.4 Å². The van der Waals surface area contributed by atoms with E-state index in [1.807, 2.05) is 0 Å². The van der Waals surface area contributed by atoms with Crippen molar-refractivity contribution in [3.63, 3.8) is 0 Å². The van der Waals surface area contributed by atoms with Gasteiger partial charge in [-0.05, 0) is 25.1 Å². The summed E-state index contributed by atoms with van der Waals surface area (Å²) in [4.78, 5) is 31.9. The molecule has 3 rings (SSSR count). The summed E-state index contributed by atoms with van der Waals surface area (Å²) in [5.41, 5.74) is 6.35. The normalized spacial score (nSPS) is 13.0. The van der Waals surface area contributed by atoms with Crippen molar-refractivity contribution >= 4 is 29.0 Å². The number of H-pyrrole nitrogens is 1. The third kappa shape index (κ3) is 3.77. The summed E-state index contributed by atoms with van der Waals surface area (Å²) in [7, 11) is 4.59. The van der Waals surface area contributed by atoms with Crippen LogP contribution in [0.3, 0.4) is 0 Å². The highest BCUT2D eigenvalue weighted by molar-refractivity contribution is 6.43. The maximum Gasteiger partial charge on any atom is 0.358 e. The van der Waals surface area contributed by atoms with Crippen molar-refractivity contribution in [2.24, 2.45) is 5.10 Å². The van der Waals surface area contributed by atoms with Gasteiger partial charge in [-0.1, -0.05) is 0 Å². The number of rotatable bonds is 5. The number of fused-ring (bicyclic) bond motifs is 1. The van der Waals surface area contributed by atoms with Gasteiger partial charge in [-0.25, -0.2) is 9.80 Å². The van der Waals surface area contributed by atoms with E-state index in [9.17, 15) is 9.59 Å². The Bertz CT molecular complexity index is 1070. The molecule has 2 heterocycles. The van der Waals surface area contributed by atoms with Gasteiger partial charge >= 0.3 is 5.97 Å². The highest BCUT2D eigenvalue weighted by Gasteiger charge is 2.27. The lowest BCUT2D eigenvalue weighted by Crippen LogP contribution is -2.23. The Labute approximate surface area is 166 Å². The van der Waals surface area contributed by atoms with Crippen molar-refractivity contribution in [2.45, 2.75) is 6.92 Å². The summed E-state index contributed by atoms with van der Waals surface area (Å²) in [6, 6.07) is 5.11. The van der Waals surface area contributed by atoms with E-state index in [-0.39, 0.29) is 29.6 Å². The van der Waals surface area contributed by atoms with Gasteiger partial charge in [-0.3, -0.25) is 9.78 Å². The fourth-order valence-corrected chi connectivity index (χ4v) is 2.94. The number of nitrogens with one attached hydrogen (secondary N) is 1. The molecule has 1 aliphatic heterocycles. The van der Waals surface area contributed by atoms with Crippen LogP contribution in [0, 0.1) is 0 Å². The maximum absolute atomic E-state index is 12.8. The lowest BCUT2D eigenvalue weighted by Gasteiger charge is -2.17. The average molecular weight is 399 g/mol. The summed E-state index contributed by atoms with van der Waals surface area (Å²) in [6.07, 6.45) is 1.47. The Morgan fingerprint density at radius 1 is 1.28 bits per heavy atom. The van der Waals surface area contributed by atoms with Crippen molar-refractivity contribution in [3.8, 4) is 11.5 Å². The van der Waals surface area contributed by atoms with Gasteiger partial charge in [0, 0.05) is 24.3 Å². The number of anilines is 2. The lowest BCUT2D eigenvalue weighted by molar-refractivity contribution is -0.134. The molecule has 0 saturated carbocycles. The zero-order valence-corrected chi connectivity index (χ0v) is 16.5. The second-order valence-corrected chi connectivity index (χ2v) is 6.00. The van der Waals surface area contributed by atoms with E-state index in [1.165, 1.54) is 25.3 Å². The Morgan fingerprint density at radius 2 is 2.03 bits per heavy atom. The van der Waals surface area contributed by atoms with Crippen molar-refractivity contribution in [1.29, 1.82) is 0 Å². The molecule has 10 nitrogen and oxygen atoms in total. The first-order chi connectivity index (χ1) is 13.9. The summed E-state index contributed by atoms with van der Waals surface area (Å²) >= 11 is 0. The number of hydrogen-bond acceptors (Lipinski definition) is 9. The number of ether oxygens (including phenoxy) is 3. The van der Waals surface area contributed by atoms with Crippen molar-refractivity contribution in [1.82, 2.24) is 9.97 Å². The minimum Gasteiger partial charge on any atom is -0.497 e. The van der Waals surface area contributed by atoms with Crippen LogP contribution >= 0.6 is 0 Å². The van der Waals surface area contributed by atoms with Gasteiger partial charge in [0.15, 0.2) is 11.5 Å². The van der Waals surface area contributed by atoms with E-state index in [4.69, 9.17) is 19.9 Å². The number of nitrogens with zero attached hydrogens (tertiary/aromatic N) is 3. The number of aromatic amines is 1. The molecule has 0 radical (unpaired) electrons. The molecule has 0 bridgehead atoms. The third-order valence-electron chi connectivity index (χ3n) is 4.22. The van der Waals surface area contributed by atoms with E-state index in [1.54, 1.807) is 32.2 Å². The Morgan fingerprint density at radius 3 is 2.69 bits per heavy atom. The monoisotopic (exact) mass is 399 g/mol. The second-order valence-electron chi connectivity index (χ2n) is 6.00. The number of hydrogen-bond donors (Lipinski definition) is 2. The molecule has 0 amide bonds. The molecule has 1 aromatic heterocycles. The fraction of sp³-hybridized carbons (Fsp3) is 0.263. The summed E-state index contributed by atoms with van der Waals surface area (Å²) in [5, 5.41) is 5.56. The molecule has 3 N–H and O–H groups in total. The summed E-state index contributed by atoms with van der Waals surface area (Å²) in [5.74, 6) is 0.485. The van der Waals surface area contributed by atoms with E-state index < -0.39 is 11.5 Å². The number of nitrogen functional groups attached to an aromatic ring is 1. The minimum absolute atomic E-state index is 0.00167. The number of nitrogens with two attached hydrogens (primary N) is 1. The van der Waals surface area contributed by atoms with E-state index in [2.05, 4.69) is 15.1 Å². The first-order valence-corrected chi connectivity index (χ1v) is 8.73. The molecule has 0 atom stereocenters. The van der Waals surface area contributed by atoms with Crippen LogP contribution in [0.15, 0.2) is 34.2 Å². The molecule has 2 aromatic rings. The molecule has 0 fully saturated rings. The predicted octanol–water partition coefficient (Wildman–Crippen LogP) is 1.17. The summed E-state index contributed by atoms with van der Waals surface area (Å²) < 4.78 is 15.8. The minimum atomic E-state index is -0.637. The van der Waals surface area contributed by atoms with Crippen LogP contribution in [0.2, 0.25) is 0 Å².